The largest absolute Gasteiger partial charge is 0.490 e. The van der Waals surface area contributed by atoms with E-state index in [1.165, 1.54) is 5.71 Å². The van der Waals surface area contributed by atoms with Crippen molar-refractivity contribution >= 4 is 17.3 Å². The number of nitrogens with one attached hydrogen (secondary N) is 2. The van der Waals surface area contributed by atoms with Crippen molar-refractivity contribution in [2.75, 3.05) is 19.7 Å². The van der Waals surface area contributed by atoms with Crippen LogP contribution in [0.5, 0.6) is 11.5 Å². The summed E-state index contributed by atoms with van der Waals surface area (Å²) < 4.78 is 11.6. The van der Waals surface area contributed by atoms with E-state index in [1.807, 2.05) is 32.9 Å². The molecule has 1 saturated heterocycles. The van der Waals surface area contributed by atoms with Crippen LogP contribution in [-0.4, -0.2) is 31.5 Å². The molecule has 1 aromatic rings. The third-order valence-electron chi connectivity index (χ3n) is 4.14. The molecule has 1 aromatic carbocycles. The fraction of sp³-hybridized carbons (Fsp3) is 0.588. The monoisotopic (exact) mass is 337 g/mol. The van der Waals surface area contributed by atoms with Crippen LogP contribution in [-0.2, 0) is 0 Å². The molecular formula is C17H24ClN3O2. The number of rotatable bonds is 5. The Balaban J connectivity index is 1.91. The Labute approximate surface area is 142 Å². The first kappa shape index (κ1) is 16.4. The summed E-state index contributed by atoms with van der Waals surface area (Å²) in [7, 11) is 0. The predicted molar refractivity (Wildman–Crippen MR) is 92.7 cm³/mol. The van der Waals surface area contributed by atoms with Crippen molar-refractivity contribution < 1.29 is 9.47 Å². The number of hydrogen-bond acceptors (Lipinski definition) is 5. The van der Waals surface area contributed by atoms with Gasteiger partial charge in [0.1, 0.15) is 0 Å². The fourth-order valence-electron chi connectivity index (χ4n) is 3.16. The van der Waals surface area contributed by atoms with E-state index in [2.05, 4.69) is 15.8 Å². The third-order valence-corrected chi connectivity index (χ3v) is 4.42. The summed E-state index contributed by atoms with van der Waals surface area (Å²) in [4.78, 5) is 0. The van der Waals surface area contributed by atoms with Gasteiger partial charge in [-0.3, -0.25) is 0 Å². The molecule has 5 nitrogen and oxygen atoms in total. The Morgan fingerprint density at radius 3 is 2.96 bits per heavy atom. The molecule has 0 aromatic heterocycles. The summed E-state index contributed by atoms with van der Waals surface area (Å²) in [5.74, 6) is 1.68. The van der Waals surface area contributed by atoms with Crippen molar-refractivity contribution in [2.45, 2.75) is 39.3 Å². The number of hydrazone groups is 1. The Morgan fingerprint density at radius 2 is 2.22 bits per heavy atom. The Kier molecular flexibility index (Phi) is 4.97. The molecule has 0 saturated carbocycles. The van der Waals surface area contributed by atoms with Gasteiger partial charge in [0.15, 0.2) is 11.5 Å². The minimum absolute atomic E-state index is 0.0413. The summed E-state index contributed by atoms with van der Waals surface area (Å²) >= 11 is 6.48. The summed E-state index contributed by atoms with van der Waals surface area (Å²) in [6.07, 6.45) is 1.04. The summed E-state index contributed by atoms with van der Waals surface area (Å²) in [6.45, 7) is 8.41. The van der Waals surface area contributed by atoms with Crippen LogP contribution in [0.15, 0.2) is 17.2 Å². The first-order chi connectivity index (χ1) is 11.1. The lowest BCUT2D eigenvalue weighted by Gasteiger charge is -2.26. The van der Waals surface area contributed by atoms with Crippen molar-refractivity contribution in [3.05, 3.63) is 22.7 Å². The van der Waals surface area contributed by atoms with Gasteiger partial charge in [0, 0.05) is 31.1 Å². The maximum atomic E-state index is 6.48. The minimum Gasteiger partial charge on any atom is -0.490 e. The molecule has 2 aliphatic heterocycles. The number of nitrogens with zero attached hydrogens (tertiary/aromatic N) is 1. The van der Waals surface area contributed by atoms with Gasteiger partial charge in [0.2, 0.25) is 0 Å². The van der Waals surface area contributed by atoms with Crippen molar-refractivity contribution in [1.82, 2.24) is 10.7 Å². The van der Waals surface area contributed by atoms with E-state index in [1.54, 1.807) is 0 Å². The molecule has 2 aliphatic rings. The highest BCUT2D eigenvalue weighted by atomic mass is 35.5. The average Bonchev–Trinajstić information content (AvgIpc) is 2.94. The lowest BCUT2D eigenvalue weighted by Crippen LogP contribution is -2.38. The lowest BCUT2D eigenvalue weighted by molar-refractivity contribution is 0.223. The molecule has 3 rings (SSSR count). The fourth-order valence-corrected chi connectivity index (χ4v) is 3.42. The van der Waals surface area contributed by atoms with E-state index < -0.39 is 0 Å². The Hall–Kier alpha value is -1.46. The van der Waals surface area contributed by atoms with Crippen LogP contribution in [0.2, 0.25) is 5.02 Å². The van der Waals surface area contributed by atoms with Crippen molar-refractivity contribution in [1.29, 1.82) is 0 Å². The van der Waals surface area contributed by atoms with Gasteiger partial charge in [-0.25, -0.2) is 0 Å². The molecule has 0 aliphatic carbocycles. The van der Waals surface area contributed by atoms with E-state index in [0.29, 0.717) is 29.0 Å². The van der Waals surface area contributed by atoms with Crippen LogP contribution in [0.3, 0.4) is 0 Å². The summed E-state index contributed by atoms with van der Waals surface area (Å²) in [5.41, 5.74) is 5.59. The minimum atomic E-state index is 0.0413. The average molecular weight is 338 g/mol. The summed E-state index contributed by atoms with van der Waals surface area (Å²) in [5, 5.41) is 8.52. The molecule has 2 heterocycles. The second kappa shape index (κ2) is 6.97. The highest BCUT2D eigenvalue weighted by Gasteiger charge is 2.35. The zero-order chi connectivity index (χ0) is 16.4. The topological polar surface area (TPSA) is 54.9 Å². The predicted octanol–water partition coefficient (Wildman–Crippen LogP) is 3.14. The highest BCUT2D eigenvalue weighted by molar-refractivity contribution is 6.32. The molecule has 0 radical (unpaired) electrons. The Morgan fingerprint density at radius 1 is 1.39 bits per heavy atom. The van der Waals surface area contributed by atoms with Crippen LogP contribution in [0.4, 0.5) is 0 Å². The standard InChI is InChI=1S/C17H24ClN3O2/c1-4-22-15-8-11(7-13(18)17(15)23-10(2)3)16-12-9-19-6-5-14(12)20-21-16/h7-8,10,12,16,19,21H,4-6,9H2,1-3H3. The van der Waals surface area contributed by atoms with Gasteiger partial charge in [0.05, 0.1) is 23.8 Å². The van der Waals surface area contributed by atoms with E-state index in [-0.39, 0.29) is 12.1 Å². The molecule has 1 fully saturated rings. The summed E-state index contributed by atoms with van der Waals surface area (Å²) in [6, 6.07) is 4.12. The highest BCUT2D eigenvalue weighted by Crippen LogP contribution is 2.41. The van der Waals surface area contributed by atoms with Gasteiger partial charge in [-0.2, -0.15) is 5.10 Å². The number of benzene rings is 1. The van der Waals surface area contributed by atoms with E-state index >= 15 is 0 Å². The molecule has 0 amide bonds. The first-order valence-electron chi connectivity index (χ1n) is 8.25. The van der Waals surface area contributed by atoms with Gasteiger partial charge < -0.3 is 20.2 Å². The number of fused-ring (bicyclic) bond motifs is 1. The molecule has 23 heavy (non-hydrogen) atoms. The van der Waals surface area contributed by atoms with Gasteiger partial charge in [-0.1, -0.05) is 11.6 Å². The molecule has 2 atom stereocenters. The van der Waals surface area contributed by atoms with Crippen LogP contribution in [0, 0.1) is 5.92 Å². The quantitative estimate of drug-likeness (QED) is 0.866. The normalized spacial score (nSPS) is 23.3. The zero-order valence-corrected chi connectivity index (χ0v) is 14.6. The number of halogens is 1. The van der Waals surface area contributed by atoms with Crippen LogP contribution in [0.25, 0.3) is 0 Å². The van der Waals surface area contributed by atoms with Gasteiger partial charge >= 0.3 is 0 Å². The van der Waals surface area contributed by atoms with Gasteiger partial charge in [0.25, 0.3) is 0 Å². The third kappa shape index (κ3) is 3.40. The van der Waals surface area contributed by atoms with Gasteiger partial charge in [-0.05, 0) is 38.5 Å². The molecule has 126 valence electrons. The molecule has 2 unspecified atom stereocenters. The molecule has 0 spiro atoms. The first-order valence-corrected chi connectivity index (χ1v) is 8.63. The second-order valence-corrected chi connectivity index (χ2v) is 6.61. The van der Waals surface area contributed by atoms with Crippen molar-refractivity contribution in [2.24, 2.45) is 11.0 Å². The van der Waals surface area contributed by atoms with Crippen molar-refractivity contribution in [3.63, 3.8) is 0 Å². The van der Waals surface area contributed by atoms with Crippen molar-refractivity contribution in [3.8, 4) is 11.5 Å². The molecule has 0 bridgehead atoms. The van der Waals surface area contributed by atoms with E-state index in [4.69, 9.17) is 21.1 Å². The van der Waals surface area contributed by atoms with Crippen LogP contribution < -0.4 is 20.2 Å². The number of ether oxygens (including phenoxy) is 2. The lowest BCUT2D eigenvalue weighted by atomic mass is 9.87. The van der Waals surface area contributed by atoms with Crippen LogP contribution in [0.1, 0.15) is 38.8 Å². The number of hydrogen-bond donors (Lipinski definition) is 2. The smallest absolute Gasteiger partial charge is 0.180 e. The molecular weight excluding hydrogens is 314 g/mol. The second-order valence-electron chi connectivity index (χ2n) is 6.20. The van der Waals surface area contributed by atoms with Gasteiger partial charge in [-0.15, -0.1) is 0 Å². The van der Waals surface area contributed by atoms with Crippen LogP contribution >= 0.6 is 11.6 Å². The maximum Gasteiger partial charge on any atom is 0.180 e. The van der Waals surface area contributed by atoms with E-state index in [0.717, 1.165) is 25.1 Å². The SMILES string of the molecule is CCOc1cc(C2NN=C3CCNCC32)cc(Cl)c1OC(C)C. The molecule has 6 heteroatoms. The number of piperidine rings is 1. The molecule has 2 N–H and O–H groups in total. The van der Waals surface area contributed by atoms with E-state index in [9.17, 15) is 0 Å². The Bertz CT molecular complexity index is 604. The maximum absolute atomic E-state index is 6.48. The zero-order valence-electron chi connectivity index (χ0n) is 13.9.